The summed E-state index contributed by atoms with van der Waals surface area (Å²) in [6, 6.07) is 12.3. The van der Waals surface area contributed by atoms with E-state index in [0.717, 1.165) is 18.8 Å². The van der Waals surface area contributed by atoms with Crippen LogP contribution in [0.1, 0.15) is 34.0 Å². The van der Waals surface area contributed by atoms with Crippen LogP contribution in [0.4, 0.5) is 30.2 Å². The molecule has 3 rings (SSSR count). The minimum Gasteiger partial charge on any atom is -0.366 e. The number of nitrogens with one attached hydrogen (secondary N) is 2. The van der Waals surface area contributed by atoms with E-state index in [4.69, 9.17) is 10.0 Å². The average molecular weight is 491 g/mol. The standard InChI is InChI=1S/C24H25F3N4O2S/c1-4-31(3)34-33-30-17-7-5-6-15(12-17)11-16-13-18(24(28)32)23(22(27)21(16)26)29-20-9-8-14(2)10-19(20)25/h5-10,12-13,29-30H,4,11H2,1-3H3,(H2,28,32). The van der Waals surface area contributed by atoms with Gasteiger partial charge in [-0.2, -0.15) is 4.28 Å². The number of primary amides is 1. The number of nitrogens with zero attached hydrogens (tertiary/aromatic N) is 1. The molecule has 3 aromatic carbocycles. The van der Waals surface area contributed by atoms with Gasteiger partial charge in [-0.1, -0.05) is 25.1 Å². The van der Waals surface area contributed by atoms with Gasteiger partial charge in [-0.05, 0) is 61.0 Å². The molecule has 0 saturated carbocycles. The summed E-state index contributed by atoms with van der Waals surface area (Å²) in [5.74, 6) is -4.12. The summed E-state index contributed by atoms with van der Waals surface area (Å²) in [7, 11) is 1.86. The Morgan fingerprint density at radius 3 is 2.56 bits per heavy atom. The predicted octanol–water partition coefficient (Wildman–Crippen LogP) is 5.70. The molecule has 0 unspecified atom stereocenters. The molecule has 34 heavy (non-hydrogen) atoms. The second-order valence-corrected chi connectivity index (χ2v) is 8.58. The molecule has 0 radical (unpaired) electrons. The molecule has 0 bridgehead atoms. The number of benzene rings is 3. The van der Waals surface area contributed by atoms with E-state index in [2.05, 4.69) is 10.8 Å². The van der Waals surface area contributed by atoms with Crippen LogP contribution in [0, 0.1) is 24.4 Å². The molecular formula is C24H25F3N4O2S. The third-order valence-corrected chi connectivity index (χ3v) is 5.69. The SMILES string of the molecule is CCN(C)SONc1cccc(Cc2cc(C(N)=O)c(Nc3ccc(C)cc3F)c(F)c2F)c1. The van der Waals surface area contributed by atoms with Gasteiger partial charge in [0.2, 0.25) is 0 Å². The van der Waals surface area contributed by atoms with Crippen LogP contribution < -0.4 is 16.5 Å². The molecular weight excluding hydrogens is 465 g/mol. The molecule has 0 aliphatic carbocycles. The van der Waals surface area contributed by atoms with Gasteiger partial charge in [-0.15, -0.1) is 0 Å². The number of nitrogens with two attached hydrogens (primary N) is 1. The first-order valence-electron chi connectivity index (χ1n) is 10.4. The molecule has 3 aromatic rings. The summed E-state index contributed by atoms with van der Waals surface area (Å²) in [6.45, 7) is 4.44. The maximum atomic E-state index is 15.0. The maximum absolute atomic E-state index is 15.0. The van der Waals surface area contributed by atoms with E-state index in [1.807, 2.05) is 18.3 Å². The van der Waals surface area contributed by atoms with Crippen molar-refractivity contribution in [2.45, 2.75) is 20.3 Å². The highest BCUT2D eigenvalue weighted by atomic mass is 32.2. The highest BCUT2D eigenvalue weighted by Crippen LogP contribution is 2.31. The molecule has 0 aliphatic heterocycles. The van der Waals surface area contributed by atoms with Gasteiger partial charge in [0.15, 0.2) is 11.6 Å². The zero-order valence-corrected chi connectivity index (χ0v) is 19.7. The molecule has 10 heteroatoms. The highest BCUT2D eigenvalue weighted by molar-refractivity contribution is 7.92. The van der Waals surface area contributed by atoms with E-state index >= 15 is 4.39 Å². The summed E-state index contributed by atoms with van der Waals surface area (Å²) < 4.78 is 51.4. The van der Waals surface area contributed by atoms with Crippen molar-refractivity contribution in [1.82, 2.24) is 4.31 Å². The first-order valence-corrected chi connectivity index (χ1v) is 11.1. The molecule has 6 nitrogen and oxygen atoms in total. The molecule has 0 heterocycles. The lowest BCUT2D eigenvalue weighted by molar-refractivity contribution is 0.100. The number of carbonyl (C=O) groups is 1. The lowest BCUT2D eigenvalue weighted by Gasteiger charge is -2.16. The van der Waals surface area contributed by atoms with Crippen molar-refractivity contribution >= 4 is 35.2 Å². The predicted molar refractivity (Wildman–Crippen MR) is 129 cm³/mol. The molecule has 4 N–H and O–H groups in total. The van der Waals surface area contributed by atoms with Crippen LogP contribution in [0.15, 0.2) is 48.5 Å². The lowest BCUT2D eigenvalue weighted by Crippen LogP contribution is -2.17. The molecule has 0 atom stereocenters. The summed E-state index contributed by atoms with van der Waals surface area (Å²) >= 11 is 1.12. The molecule has 0 saturated heterocycles. The van der Waals surface area contributed by atoms with E-state index in [-0.39, 0.29) is 23.2 Å². The fraction of sp³-hybridized carbons (Fsp3) is 0.208. The minimum absolute atomic E-state index is 0.0142. The molecule has 0 fully saturated rings. The fourth-order valence-corrected chi connectivity index (χ4v) is 3.49. The number of amides is 1. The average Bonchev–Trinajstić information content (AvgIpc) is 2.80. The maximum Gasteiger partial charge on any atom is 0.250 e. The van der Waals surface area contributed by atoms with Crippen LogP contribution in [0.3, 0.4) is 0 Å². The van der Waals surface area contributed by atoms with Gasteiger partial charge in [-0.3, -0.25) is 10.3 Å². The Kier molecular flexibility index (Phi) is 8.43. The smallest absolute Gasteiger partial charge is 0.250 e. The topological polar surface area (TPSA) is 79.6 Å². The zero-order chi connectivity index (χ0) is 24.8. The molecule has 0 aromatic heterocycles. The minimum atomic E-state index is -1.32. The van der Waals surface area contributed by atoms with Crippen molar-refractivity contribution in [3.63, 3.8) is 0 Å². The lowest BCUT2D eigenvalue weighted by atomic mass is 9.99. The van der Waals surface area contributed by atoms with Crippen LogP contribution in [0.2, 0.25) is 0 Å². The number of carbonyl (C=O) groups excluding carboxylic acids is 1. The van der Waals surface area contributed by atoms with Crippen molar-refractivity contribution in [3.05, 3.63) is 88.2 Å². The van der Waals surface area contributed by atoms with Crippen LogP contribution >= 0.6 is 12.2 Å². The summed E-state index contributed by atoms with van der Waals surface area (Å²) in [5, 5.41) is 2.47. The summed E-state index contributed by atoms with van der Waals surface area (Å²) in [6.07, 6.45) is -0.0142. The van der Waals surface area contributed by atoms with Gasteiger partial charge in [0, 0.05) is 13.0 Å². The third-order valence-electron chi connectivity index (χ3n) is 5.02. The molecule has 0 spiro atoms. The van der Waals surface area contributed by atoms with Crippen molar-refractivity contribution in [3.8, 4) is 0 Å². The second kappa shape index (κ2) is 11.3. The Morgan fingerprint density at radius 2 is 1.88 bits per heavy atom. The summed E-state index contributed by atoms with van der Waals surface area (Å²) in [4.78, 5) is 12.0. The highest BCUT2D eigenvalue weighted by Gasteiger charge is 2.22. The zero-order valence-electron chi connectivity index (χ0n) is 18.9. The van der Waals surface area contributed by atoms with Gasteiger partial charge in [0.05, 0.1) is 22.6 Å². The Balaban J connectivity index is 1.87. The first-order chi connectivity index (χ1) is 16.2. The molecule has 1 amide bonds. The van der Waals surface area contributed by atoms with Gasteiger partial charge in [0.25, 0.3) is 5.91 Å². The third kappa shape index (κ3) is 6.22. The number of rotatable bonds is 10. The largest absolute Gasteiger partial charge is 0.366 e. The van der Waals surface area contributed by atoms with Gasteiger partial charge in [-0.25, -0.2) is 17.5 Å². The van der Waals surface area contributed by atoms with Crippen LogP contribution in [0.25, 0.3) is 0 Å². The quantitative estimate of drug-likeness (QED) is 0.192. The van der Waals surface area contributed by atoms with Crippen LogP contribution in [0.5, 0.6) is 0 Å². The number of aryl methyl sites for hydroxylation is 1. The normalized spacial score (nSPS) is 11.0. The number of anilines is 3. The van der Waals surface area contributed by atoms with Gasteiger partial charge >= 0.3 is 0 Å². The first kappa shape index (κ1) is 25.4. The van der Waals surface area contributed by atoms with Crippen molar-refractivity contribution < 1.29 is 22.2 Å². The molecule has 0 aliphatic rings. The van der Waals surface area contributed by atoms with E-state index in [1.54, 1.807) is 37.3 Å². The van der Waals surface area contributed by atoms with E-state index in [0.29, 0.717) is 16.8 Å². The second-order valence-electron chi connectivity index (χ2n) is 7.64. The van der Waals surface area contributed by atoms with Crippen molar-refractivity contribution in [1.29, 1.82) is 0 Å². The Bertz CT molecular complexity index is 1190. The Hall–Kier alpha value is -3.21. The van der Waals surface area contributed by atoms with Gasteiger partial charge < -0.3 is 11.1 Å². The monoisotopic (exact) mass is 490 g/mol. The fourth-order valence-electron chi connectivity index (χ4n) is 3.13. The van der Waals surface area contributed by atoms with E-state index < -0.39 is 29.0 Å². The number of halogens is 3. The van der Waals surface area contributed by atoms with Crippen LogP contribution in [-0.4, -0.2) is 23.8 Å². The van der Waals surface area contributed by atoms with Crippen molar-refractivity contribution in [2.24, 2.45) is 5.73 Å². The van der Waals surface area contributed by atoms with Crippen LogP contribution in [-0.2, 0) is 10.7 Å². The molecule has 180 valence electrons. The Morgan fingerprint density at radius 1 is 1.12 bits per heavy atom. The number of hydrogen-bond donors (Lipinski definition) is 3. The number of hydrogen-bond acceptors (Lipinski definition) is 6. The Labute approximate surface area is 200 Å². The summed E-state index contributed by atoms with van der Waals surface area (Å²) in [5.41, 5.74) is 9.12. The van der Waals surface area contributed by atoms with Gasteiger partial charge in [0.1, 0.15) is 18.0 Å². The van der Waals surface area contributed by atoms with E-state index in [9.17, 15) is 13.6 Å². The van der Waals surface area contributed by atoms with E-state index in [1.165, 1.54) is 18.2 Å². The van der Waals surface area contributed by atoms with Crippen molar-refractivity contribution in [2.75, 3.05) is 24.4 Å².